The van der Waals surface area contributed by atoms with Crippen molar-refractivity contribution in [3.05, 3.63) is 57.8 Å². The third-order valence-electron chi connectivity index (χ3n) is 4.44. The molecule has 3 rings (SSSR count). The molecule has 2 aromatic carbocycles. The molecule has 1 aromatic heterocycles. The summed E-state index contributed by atoms with van der Waals surface area (Å²) in [5.74, 6) is 0.347. The first-order valence-electron chi connectivity index (χ1n) is 8.96. The van der Waals surface area contributed by atoms with Gasteiger partial charge in [0.2, 0.25) is 0 Å². The molecule has 0 atom stereocenters. The maximum absolute atomic E-state index is 10.3. The number of aromatic nitrogens is 1. The molecule has 0 bridgehead atoms. The van der Waals surface area contributed by atoms with Crippen LogP contribution in [0.5, 0.6) is 5.75 Å². The van der Waals surface area contributed by atoms with Gasteiger partial charge in [0.15, 0.2) is 0 Å². The van der Waals surface area contributed by atoms with Crippen LogP contribution in [0.1, 0.15) is 25.8 Å². The highest BCUT2D eigenvalue weighted by Crippen LogP contribution is 2.29. The Kier molecular flexibility index (Phi) is 6.32. The lowest BCUT2D eigenvalue weighted by Gasteiger charge is -2.20. The molecule has 0 fully saturated rings. The Morgan fingerprint density at radius 3 is 2.73 bits per heavy atom. The lowest BCUT2D eigenvalue weighted by molar-refractivity contribution is 0.276. The maximum Gasteiger partial charge on any atom is 0.120 e. The third kappa shape index (κ3) is 4.45. The van der Waals surface area contributed by atoms with E-state index in [4.69, 9.17) is 0 Å². The summed E-state index contributed by atoms with van der Waals surface area (Å²) in [5, 5.41) is 14.8. The first kappa shape index (κ1) is 18.9. The zero-order valence-corrected chi connectivity index (χ0v) is 17.3. The molecule has 0 radical (unpaired) electrons. The molecule has 0 amide bonds. The molecular formula is C21H24IN3O. The number of aromatic hydroxyl groups is 1. The Labute approximate surface area is 168 Å². The quantitative estimate of drug-likeness (QED) is 0.359. The summed E-state index contributed by atoms with van der Waals surface area (Å²) in [4.78, 5) is 6.79. The number of anilines is 2. The van der Waals surface area contributed by atoms with E-state index >= 15 is 0 Å². The molecule has 0 saturated heterocycles. The van der Waals surface area contributed by atoms with E-state index in [0.29, 0.717) is 5.75 Å². The predicted octanol–water partition coefficient (Wildman–Crippen LogP) is 5.52. The van der Waals surface area contributed by atoms with Gasteiger partial charge in [-0.05, 0) is 84.6 Å². The topological polar surface area (TPSA) is 48.4 Å². The molecule has 3 aromatic rings. The Bertz CT molecular complexity index is 898. The minimum atomic E-state index is 0.347. The zero-order valence-electron chi connectivity index (χ0n) is 15.2. The second-order valence-corrected chi connectivity index (χ2v) is 7.60. The predicted molar refractivity (Wildman–Crippen MR) is 117 cm³/mol. The van der Waals surface area contributed by atoms with Gasteiger partial charge < -0.3 is 10.4 Å². The fraction of sp³-hybridized carbons (Fsp3) is 0.286. The number of benzene rings is 2. The molecule has 0 unspecified atom stereocenters. The van der Waals surface area contributed by atoms with E-state index in [0.717, 1.165) is 53.9 Å². The van der Waals surface area contributed by atoms with Gasteiger partial charge in [-0.2, -0.15) is 0 Å². The van der Waals surface area contributed by atoms with Gasteiger partial charge >= 0.3 is 0 Å². The van der Waals surface area contributed by atoms with Crippen LogP contribution in [0.4, 0.5) is 11.4 Å². The molecule has 4 nitrogen and oxygen atoms in total. The SMILES string of the molecule is CCCN(CC)Cc1cc(Nc2ccnc3cc(I)ccc23)ccc1O. The van der Waals surface area contributed by atoms with Crippen LogP contribution in [0.2, 0.25) is 0 Å². The van der Waals surface area contributed by atoms with Crippen LogP contribution in [0, 0.1) is 3.57 Å². The lowest BCUT2D eigenvalue weighted by Crippen LogP contribution is -2.23. The van der Waals surface area contributed by atoms with Crippen LogP contribution >= 0.6 is 22.6 Å². The van der Waals surface area contributed by atoms with E-state index in [-0.39, 0.29) is 0 Å². The van der Waals surface area contributed by atoms with E-state index in [9.17, 15) is 5.11 Å². The molecule has 136 valence electrons. The van der Waals surface area contributed by atoms with Crippen molar-refractivity contribution in [1.82, 2.24) is 9.88 Å². The number of pyridine rings is 1. The number of nitrogens with one attached hydrogen (secondary N) is 1. The Hall–Kier alpha value is -1.86. The first-order valence-corrected chi connectivity index (χ1v) is 10.0. The van der Waals surface area contributed by atoms with Gasteiger partial charge in [-0.3, -0.25) is 9.88 Å². The molecule has 0 aliphatic carbocycles. The number of nitrogens with zero attached hydrogens (tertiary/aromatic N) is 2. The largest absolute Gasteiger partial charge is 0.508 e. The highest BCUT2D eigenvalue weighted by atomic mass is 127. The van der Waals surface area contributed by atoms with Crippen LogP contribution < -0.4 is 5.32 Å². The van der Waals surface area contributed by atoms with Crippen LogP contribution in [0.25, 0.3) is 10.9 Å². The summed E-state index contributed by atoms with van der Waals surface area (Å²) in [6.07, 6.45) is 2.93. The molecule has 26 heavy (non-hydrogen) atoms. The van der Waals surface area contributed by atoms with Crippen LogP contribution in [-0.2, 0) is 6.54 Å². The van der Waals surface area contributed by atoms with Crippen molar-refractivity contribution in [2.75, 3.05) is 18.4 Å². The van der Waals surface area contributed by atoms with Gasteiger partial charge in [-0.25, -0.2) is 0 Å². The highest BCUT2D eigenvalue weighted by molar-refractivity contribution is 14.1. The minimum absolute atomic E-state index is 0.347. The van der Waals surface area contributed by atoms with Gasteiger partial charge in [0.25, 0.3) is 0 Å². The smallest absolute Gasteiger partial charge is 0.120 e. The Morgan fingerprint density at radius 2 is 1.96 bits per heavy atom. The van der Waals surface area contributed by atoms with Crippen molar-refractivity contribution in [2.45, 2.75) is 26.8 Å². The molecule has 0 aliphatic heterocycles. The number of rotatable bonds is 7. The fourth-order valence-electron chi connectivity index (χ4n) is 3.08. The third-order valence-corrected chi connectivity index (χ3v) is 5.12. The second kappa shape index (κ2) is 8.68. The number of hydrogen-bond acceptors (Lipinski definition) is 4. The summed E-state index contributed by atoms with van der Waals surface area (Å²) in [6, 6.07) is 13.9. The Morgan fingerprint density at radius 1 is 1.12 bits per heavy atom. The van der Waals surface area contributed by atoms with Crippen molar-refractivity contribution < 1.29 is 5.11 Å². The van der Waals surface area contributed by atoms with Gasteiger partial charge in [-0.1, -0.05) is 13.8 Å². The van der Waals surface area contributed by atoms with Crippen molar-refractivity contribution >= 4 is 44.9 Å². The molecule has 0 saturated carbocycles. The fourth-order valence-corrected chi connectivity index (χ4v) is 3.56. The van der Waals surface area contributed by atoms with Crippen LogP contribution in [0.3, 0.4) is 0 Å². The minimum Gasteiger partial charge on any atom is -0.508 e. The normalized spacial score (nSPS) is 11.2. The van der Waals surface area contributed by atoms with E-state index in [1.807, 2.05) is 24.4 Å². The molecule has 1 heterocycles. The van der Waals surface area contributed by atoms with Crippen LogP contribution in [0.15, 0.2) is 48.7 Å². The molecule has 2 N–H and O–H groups in total. The number of fused-ring (bicyclic) bond motifs is 1. The van der Waals surface area contributed by atoms with Crippen molar-refractivity contribution in [2.24, 2.45) is 0 Å². The van der Waals surface area contributed by atoms with Gasteiger partial charge in [0.1, 0.15) is 5.75 Å². The average molecular weight is 461 g/mol. The summed E-state index contributed by atoms with van der Waals surface area (Å²) in [5.41, 5.74) is 3.90. The van der Waals surface area contributed by atoms with Crippen molar-refractivity contribution in [3.8, 4) is 5.75 Å². The monoisotopic (exact) mass is 461 g/mol. The number of phenols is 1. The summed E-state index contributed by atoms with van der Waals surface area (Å²) in [6.45, 7) is 7.08. The zero-order chi connectivity index (χ0) is 18.5. The first-order chi connectivity index (χ1) is 12.6. The van der Waals surface area contributed by atoms with E-state index < -0.39 is 0 Å². The molecule has 5 heteroatoms. The number of halogens is 1. The van der Waals surface area contributed by atoms with Gasteiger partial charge in [-0.15, -0.1) is 0 Å². The summed E-state index contributed by atoms with van der Waals surface area (Å²) in [7, 11) is 0. The lowest BCUT2D eigenvalue weighted by atomic mass is 10.1. The van der Waals surface area contributed by atoms with Crippen molar-refractivity contribution in [1.29, 1.82) is 0 Å². The number of hydrogen-bond donors (Lipinski definition) is 2. The second-order valence-electron chi connectivity index (χ2n) is 6.36. The highest BCUT2D eigenvalue weighted by Gasteiger charge is 2.09. The average Bonchev–Trinajstić information content (AvgIpc) is 2.64. The molecule has 0 aliphatic rings. The maximum atomic E-state index is 10.3. The number of phenolic OH excluding ortho intramolecular Hbond substituents is 1. The molecular weight excluding hydrogens is 437 g/mol. The van der Waals surface area contributed by atoms with Gasteiger partial charge in [0.05, 0.1) is 5.52 Å². The van der Waals surface area contributed by atoms with E-state index in [1.54, 1.807) is 6.07 Å². The van der Waals surface area contributed by atoms with Crippen molar-refractivity contribution in [3.63, 3.8) is 0 Å². The van der Waals surface area contributed by atoms with Crippen LogP contribution in [-0.4, -0.2) is 28.1 Å². The van der Waals surface area contributed by atoms with E-state index in [1.165, 1.54) is 3.57 Å². The Balaban J connectivity index is 1.88. The standard InChI is InChI=1S/C21H24IN3O/c1-3-11-25(4-2)14-15-12-17(6-8-21(15)26)24-19-9-10-23-20-13-16(22)5-7-18(19)20/h5-10,12-13,26H,3-4,11,14H2,1-2H3,(H,23,24). The summed E-state index contributed by atoms with van der Waals surface area (Å²) >= 11 is 2.30. The van der Waals surface area contributed by atoms with E-state index in [2.05, 4.69) is 69.8 Å². The summed E-state index contributed by atoms with van der Waals surface area (Å²) < 4.78 is 1.17. The van der Waals surface area contributed by atoms with Gasteiger partial charge in [0, 0.05) is 38.6 Å². The molecule has 0 spiro atoms.